The summed E-state index contributed by atoms with van der Waals surface area (Å²) in [5, 5.41) is 4.88. The fourth-order valence-corrected chi connectivity index (χ4v) is 2.70. The Labute approximate surface area is 127 Å². The van der Waals surface area contributed by atoms with Crippen LogP contribution >= 0.6 is 0 Å². The minimum absolute atomic E-state index is 0.00878. The number of halogens is 2. The van der Waals surface area contributed by atoms with Gasteiger partial charge in [0, 0.05) is 31.5 Å². The number of carbonyl (C=O) groups excluding carboxylic acids is 2. The van der Waals surface area contributed by atoms with Gasteiger partial charge in [0.15, 0.2) is 11.6 Å². The molecule has 2 atom stereocenters. The molecule has 1 saturated carbocycles. The monoisotopic (exact) mass is 311 g/mol. The van der Waals surface area contributed by atoms with Crippen molar-refractivity contribution in [2.75, 3.05) is 10.6 Å². The predicted octanol–water partition coefficient (Wildman–Crippen LogP) is 2.38. The summed E-state index contributed by atoms with van der Waals surface area (Å²) in [5.74, 6) is -2.88. The summed E-state index contributed by atoms with van der Waals surface area (Å²) in [6.07, 6.45) is 2.98. The van der Waals surface area contributed by atoms with Gasteiger partial charge in [-0.3, -0.25) is 9.59 Å². The number of hydrogen-bond donors (Lipinski definition) is 3. The van der Waals surface area contributed by atoms with E-state index in [-0.39, 0.29) is 35.7 Å². The Morgan fingerprint density at radius 3 is 2.27 bits per heavy atom. The zero-order valence-corrected chi connectivity index (χ0v) is 12.3. The van der Waals surface area contributed by atoms with Crippen LogP contribution in [0.3, 0.4) is 0 Å². The zero-order valence-electron chi connectivity index (χ0n) is 12.3. The van der Waals surface area contributed by atoms with Gasteiger partial charge >= 0.3 is 0 Å². The van der Waals surface area contributed by atoms with Crippen LogP contribution in [0, 0.1) is 17.6 Å². The van der Waals surface area contributed by atoms with Crippen molar-refractivity contribution in [3.05, 3.63) is 23.8 Å². The van der Waals surface area contributed by atoms with E-state index in [0.29, 0.717) is 0 Å². The van der Waals surface area contributed by atoms with Crippen molar-refractivity contribution >= 4 is 23.2 Å². The van der Waals surface area contributed by atoms with Gasteiger partial charge in [-0.15, -0.1) is 0 Å². The number of anilines is 2. The molecule has 0 radical (unpaired) electrons. The molecule has 2 rings (SSSR count). The Morgan fingerprint density at radius 2 is 1.77 bits per heavy atom. The van der Waals surface area contributed by atoms with E-state index in [1.807, 2.05) is 0 Å². The third-order valence-corrected chi connectivity index (χ3v) is 3.81. The molecule has 0 bridgehead atoms. The molecule has 0 unspecified atom stereocenters. The average Bonchev–Trinajstić information content (AvgIpc) is 2.80. The van der Waals surface area contributed by atoms with E-state index in [9.17, 15) is 18.4 Å². The number of carbonyl (C=O) groups is 2. The number of nitrogens with two attached hydrogens (primary N) is 1. The van der Waals surface area contributed by atoms with Gasteiger partial charge in [0.05, 0.1) is 11.4 Å². The molecule has 120 valence electrons. The van der Waals surface area contributed by atoms with Crippen LogP contribution in [0.2, 0.25) is 0 Å². The summed E-state index contributed by atoms with van der Waals surface area (Å²) in [5.41, 5.74) is 5.97. The molecule has 7 heteroatoms. The number of nitrogens with one attached hydrogen (secondary N) is 2. The van der Waals surface area contributed by atoms with Crippen molar-refractivity contribution in [2.45, 2.75) is 38.6 Å². The Kier molecular flexibility index (Phi) is 5.07. The Balaban J connectivity index is 2.11. The van der Waals surface area contributed by atoms with Gasteiger partial charge < -0.3 is 16.4 Å². The molecule has 0 spiro atoms. The summed E-state index contributed by atoms with van der Waals surface area (Å²) >= 11 is 0. The van der Waals surface area contributed by atoms with Crippen molar-refractivity contribution in [1.29, 1.82) is 0 Å². The van der Waals surface area contributed by atoms with Crippen LogP contribution in [0.15, 0.2) is 12.1 Å². The number of benzene rings is 1. The number of amides is 2. The summed E-state index contributed by atoms with van der Waals surface area (Å²) in [6.45, 7) is 1.24. The Hall–Kier alpha value is -2.02. The van der Waals surface area contributed by atoms with E-state index in [0.717, 1.165) is 31.4 Å². The number of hydrogen-bond acceptors (Lipinski definition) is 3. The van der Waals surface area contributed by atoms with Crippen LogP contribution in [0.1, 0.15) is 32.6 Å². The van der Waals surface area contributed by atoms with Crippen LogP contribution in [-0.2, 0) is 9.59 Å². The highest BCUT2D eigenvalue weighted by atomic mass is 19.2. The van der Waals surface area contributed by atoms with Gasteiger partial charge in [-0.2, -0.15) is 0 Å². The van der Waals surface area contributed by atoms with E-state index >= 15 is 0 Å². The Morgan fingerprint density at radius 1 is 1.18 bits per heavy atom. The molecule has 0 heterocycles. The second kappa shape index (κ2) is 6.83. The summed E-state index contributed by atoms with van der Waals surface area (Å²) in [6, 6.07) is 1.69. The molecular weight excluding hydrogens is 292 g/mol. The molecular formula is C15H19F2N3O2. The second-order valence-corrected chi connectivity index (χ2v) is 5.60. The largest absolute Gasteiger partial charge is 0.327 e. The fourth-order valence-electron chi connectivity index (χ4n) is 2.70. The molecule has 0 saturated heterocycles. The SMILES string of the molecule is CC(=O)Nc1cc(F)c(F)cc1NC(=O)C[C@@H]1CCC[C@H]1N. The smallest absolute Gasteiger partial charge is 0.224 e. The molecule has 4 N–H and O–H groups in total. The molecule has 1 fully saturated rings. The summed E-state index contributed by atoms with van der Waals surface area (Å²) < 4.78 is 26.6. The van der Waals surface area contributed by atoms with Gasteiger partial charge in [-0.05, 0) is 18.8 Å². The minimum Gasteiger partial charge on any atom is -0.327 e. The van der Waals surface area contributed by atoms with Crippen LogP contribution in [0.4, 0.5) is 20.2 Å². The molecule has 2 amide bonds. The molecule has 22 heavy (non-hydrogen) atoms. The van der Waals surface area contributed by atoms with Gasteiger partial charge in [0.1, 0.15) is 0 Å². The average molecular weight is 311 g/mol. The van der Waals surface area contributed by atoms with E-state index in [4.69, 9.17) is 5.73 Å². The van der Waals surface area contributed by atoms with Gasteiger partial charge in [-0.25, -0.2) is 8.78 Å². The lowest BCUT2D eigenvalue weighted by molar-refractivity contribution is -0.117. The van der Waals surface area contributed by atoms with Gasteiger partial charge in [-0.1, -0.05) is 6.42 Å². The highest BCUT2D eigenvalue weighted by Crippen LogP contribution is 2.29. The van der Waals surface area contributed by atoms with Gasteiger partial charge in [0.2, 0.25) is 11.8 Å². The van der Waals surface area contributed by atoms with Crippen LogP contribution < -0.4 is 16.4 Å². The zero-order chi connectivity index (χ0) is 16.3. The summed E-state index contributed by atoms with van der Waals surface area (Å²) in [4.78, 5) is 23.2. The lowest BCUT2D eigenvalue weighted by Crippen LogP contribution is -2.28. The molecule has 1 aromatic carbocycles. The molecule has 5 nitrogen and oxygen atoms in total. The first-order chi connectivity index (χ1) is 10.4. The van der Waals surface area contributed by atoms with E-state index < -0.39 is 17.5 Å². The molecule has 0 aliphatic heterocycles. The van der Waals surface area contributed by atoms with Crippen LogP contribution in [-0.4, -0.2) is 17.9 Å². The van der Waals surface area contributed by atoms with Crippen molar-refractivity contribution in [3.8, 4) is 0 Å². The fraction of sp³-hybridized carbons (Fsp3) is 0.467. The van der Waals surface area contributed by atoms with Crippen molar-refractivity contribution < 1.29 is 18.4 Å². The van der Waals surface area contributed by atoms with Crippen molar-refractivity contribution in [1.82, 2.24) is 0 Å². The second-order valence-electron chi connectivity index (χ2n) is 5.60. The normalized spacial score (nSPS) is 20.7. The minimum atomic E-state index is -1.10. The lowest BCUT2D eigenvalue weighted by atomic mass is 10.00. The topological polar surface area (TPSA) is 84.2 Å². The highest BCUT2D eigenvalue weighted by Gasteiger charge is 2.26. The van der Waals surface area contributed by atoms with E-state index in [1.54, 1.807) is 0 Å². The maximum Gasteiger partial charge on any atom is 0.224 e. The Bertz CT molecular complexity index is 592. The maximum atomic E-state index is 13.4. The quantitative estimate of drug-likeness (QED) is 0.798. The van der Waals surface area contributed by atoms with Gasteiger partial charge in [0.25, 0.3) is 0 Å². The first kappa shape index (κ1) is 16.4. The van der Waals surface area contributed by atoms with Crippen LogP contribution in [0.25, 0.3) is 0 Å². The first-order valence-electron chi connectivity index (χ1n) is 7.19. The third kappa shape index (κ3) is 4.00. The first-order valence-corrected chi connectivity index (χ1v) is 7.19. The van der Waals surface area contributed by atoms with E-state index in [2.05, 4.69) is 10.6 Å². The standard InChI is InChI=1S/C15H19F2N3O2/c1-8(21)19-13-6-10(16)11(17)7-14(13)20-15(22)5-9-3-2-4-12(9)18/h6-7,9,12H,2-5,18H2,1H3,(H,19,21)(H,20,22)/t9-,12+/m0/s1. The highest BCUT2D eigenvalue weighted by molar-refractivity contribution is 5.98. The third-order valence-electron chi connectivity index (χ3n) is 3.81. The maximum absolute atomic E-state index is 13.4. The van der Waals surface area contributed by atoms with Crippen LogP contribution in [0.5, 0.6) is 0 Å². The molecule has 1 aromatic rings. The number of rotatable bonds is 4. The van der Waals surface area contributed by atoms with E-state index in [1.165, 1.54) is 6.92 Å². The predicted molar refractivity (Wildman–Crippen MR) is 79.2 cm³/mol. The molecule has 0 aromatic heterocycles. The van der Waals surface area contributed by atoms with Crippen molar-refractivity contribution in [3.63, 3.8) is 0 Å². The summed E-state index contributed by atoms with van der Waals surface area (Å²) in [7, 11) is 0. The lowest BCUT2D eigenvalue weighted by Gasteiger charge is -2.16. The molecule has 1 aliphatic carbocycles. The van der Waals surface area contributed by atoms with Crippen molar-refractivity contribution in [2.24, 2.45) is 11.7 Å². The molecule has 1 aliphatic rings.